The summed E-state index contributed by atoms with van der Waals surface area (Å²) in [6.45, 7) is 3.86. The number of hydrogen-bond acceptors (Lipinski definition) is 4. The van der Waals surface area contributed by atoms with Gasteiger partial charge in [0, 0.05) is 12.5 Å². The number of aromatic nitrogens is 2. The van der Waals surface area contributed by atoms with Crippen LogP contribution in [0.15, 0.2) is 24.3 Å². The van der Waals surface area contributed by atoms with E-state index in [9.17, 15) is 18.0 Å². The first-order valence-electron chi connectivity index (χ1n) is 7.71. The van der Waals surface area contributed by atoms with E-state index in [2.05, 4.69) is 10.4 Å². The number of aryl methyl sites for hydroxylation is 2. The van der Waals surface area contributed by atoms with Crippen molar-refractivity contribution in [1.29, 1.82) is 0 Å². The fraction of sp³-hybridized carbons (Fsp3) is 0.375. The number of fused-ring (bicyclic) bond motifs is 1. The molecule has 0 bridgehead atoms. The van der Waals surface area contributed by atoms with Gasteiger partial charge in [-0.05, 0) is 30.5 Å². The molecule has 1 amide bonds. The molecule has 0 radical (unpaired) electrons. The molecule has 2 atom stereocenters. The smallest absolute Gasteiger partial charge is 0.363 e. The van der Waals surface area contributed by atoms with E-state index in [1.807, 2.05) is 37.5 Å². The van der Waals surface area contributed by atoms with E-state index in [-0.39, 0.29) is 17.9 Å². The fourth-order valence-corrected chi connectivity index (χ4v) is 2.96. The van der Waals surface area contributed by atoms with Crippen LogP contribution in [0.1, 0.15) is 45.7 Å². The minimum Gasteiger partial charge on any atom is -0.363 e. The average Bonchev–Trinajstić information content (AvgIpc) is 2.98. The van der Waals surface area contributed by atoms with Crippen LogP contribution in [-0.4, -0.2) is 21.9 Å². The number of halogens is 3. The number of alkyl halides is 3. The lowest BCUT2D eigenvalue weighted by atomic mass is 9.94. The molecule has 0 unspecified atom stereocenters. The van der Waals surface area contributed by atoms with Crippen molar-refractivity contribution in [1.82, 2.24) is 15.2 Å². The maximum absolute atomic E-state index is 13.5. The minimum absolute atomic E-state index is 0.135. The van der Waals surface area contributed by atoms with Crippen LogP contribution < -0.4 is 16.6 Å². The summed E-state index contributed by atoms with van der Waals surface area (Å²) < 4.78 is 41.4. The fourth-order valence-electron chi connectivity index (χ4n) is 2.96. The van der Waals surface area contributed by atoms with Crippen molar-refractivity contribution in [3.63, 3.8) is 0 Å². The summed E-state index contributed by atoms with van der Waals surface area (Å²) in [5.74, 6) is 4.43. The molecule has 1 aromatic carbocycles. The number of nitrogens with zero attached hydrogens (tertiary/aromatic N) is 2. The Kier molecular flexibility index (Phi) is 4.19. The Bertz CT molecular complexity index is 815. The second kappa shape index (κ2) is 6.07. The molecule has 9 heteroatoms. The molecular formula is C16H18F3N5O. The summed E-state index contributed by atoms with van der Waals surface area (Å²) in [6, 6.07) is 4.48. The molecule has 134 valence electrons. The molecule has 1 aromatic heterocycles. The highest BCUT2D eigenvalue weighted by atomic mass is 19.4. The normalized spacial score (nSPS) is 19.9. The van der Waals surface area contributed by atoms with Crippen LogP contribution in [0.25, 0.3) is 0 Å². The molecule has 0 spiro atoms. The zero-order valence-electron chi connectivity index (χ0n) is 13.7. The van der Waals surface area contributed by atoms with E-state index < -0.39 is 24.2 Å². The van der Waals surface area contributed by atoms with Gasteiger partial charge in [0.2, 0.25) is 0 Å². The summed E-state index contributed by atoms with van der Waals surface area (Å²) in [6.07, 6.45) is -4.71. The van der Waals surface area contributed by atoms with Gasteiger partial charge >= 0.3 is 6.18 Å². The van der Waals surface area contributed by atoms with Crippen molar-refractivity contribution < 1.29 is 18.0 Å². The first-order valence-corrected chi connectivity index (χ1v) is 7.71. The number of carbonyl (C=O) groups excluding carboxylic acids is 1. The lowest BCUT2D eigenvalue weighted by molar-refractivity contribution is -0.173. The van der Waals surface area contributed by atoms with Gasteiger partial charge in [0.15, 0.2) is 11.7 Å². The summed E-state index contributed by atoms with van der Waals surface area (Å²) in [5, 5.41) is 6.81. The molecule has 2 aromatic rings. The van der Waals surface area contributed by atoms with Crippen LogP contribution in [0, 0.1) is 13.8 Å². The molecule has 0 fully saturated rings. The standard InChI is InChI=1S/C16H18F3N5O/c1-8-3-4-10(5-9(8)2)11-6-13(16(17,18)19)24-14(21-11)7-12(23-24)15(25)22-20/h3-5,7,11,13,21H,6,20H2,1-2H3,(H,22,25)/t11-,13+/m0/s1. The molecule has 6 nitrogen and oxygen atoms in total. The number of amides is 1. The van der Waals surface area contributed by atoms with Crippen molar-refractivity contribution in [3.8, 4) is 0 Å². The summed E-state index contributed by atoms with van der Waals surface area (Å²) in [4.78, 5) is 11.6. The molecule has 0 saturated heterocycles. The topological polar surface area (TPSA) is 85.0 Å². The number of benzene rings is 1. The highest BCUT2D eigenvalue weighted by Crippen LogP contribution is 2.43. The third-order valence-corrected chi connectivity index (χ3v) is 4.49. The number of rotatable bonds is 2. The zero-order valence-corrected chi connectivity index (χ0v) is 13.7. The van der Waals surface area contributed by atoms with Crippen LogP contribution in [-0.2, 0) is 0 Å². The Labute approximate surface area is 142 Å². The molecule has 1 aliphatic heterocycles. The number of nitrogen functional groups attached to an aromatic ring is 1. The van der Waals surface area contributed by atoms with Crippen molar-refractivity contribution in [2.75, 3.05) is 5.32 Å². The Balaban J connectivity index is 2.02. The van der Waals surface area contributed by atoms with E-state index >= 15 is 0 Å². The van der Waals surface area contributed by atoms with E-state index in [1.165, 1.54) is 6.07 Å². The van der Waals surface area contributed by atoms with Crippen molar-refractivity contribution in [2.45, 2.75) is 38.5 Å². The summed E-state index contributed by atoms with van der Waals surface area (Å²) in [7, 11) is 0. The van der Waals surface area contributed by atoms with Crippen LogP contribution >= 0.6 is 0 Å². The highest BCUT2D eigenvalue weighted by Gasteiger charge is 2.46. The highest BCUT2D eigenvalue weighted by molar-refractivity contribution is 5.92. The number of hydrogen-bond donors (Lipinski definition) is 3. The predicted octanol–water partition coefficient (Wildman–Crippen LogP) is 2.76. The Morgan fingerprint density at radius 2 is 2.04 bits per heavy atom. The molecule has 4 N–H and O–H groups in total. The van der Waals surface area contributed by atoms with Crippen molar-refractivity contribution in [2.24, 2.45) is 5.84 Å². The van der Waals surface area contributed by atoms with E-state index in [0.717, 1.165) is 21.4 Å². The largest absolute Gasteiger partial charge is 0.410 e. The molecule has 3 rings (SSSR count). The van der Waals surface area contributed by atoms with E-state index in [0.29, 0.717) is 0 Å². The quantitative estimate of drug-likeness (QED) is 0.440. The third kappa shape index (κ3) is 3.19. The lowest BCUT2D eigenvalue weighted by Gasteiger charge is -2.33. The molecule has 0 aliphatic carbocycles. The van der Waals surface area contributed by atoms with Gasteiger partial charge in [0.05, 0.1) is 6.04 Å². The molecule has 1 aliphatic rings. The van der Waals surface area contributed by atoms with Gasteiger partial charge in [-0.25, -0.2) is 10.5 Å². The number of nitrogens with two attached hydrogens (primary N) is 1. The predicted molar refractivity (Wildman–Crippen MR) is 85.9 cm³/mol. The van der Waals surface area contributed by atoms with Crippen LogP contribution in [0.5, 0.6) is 0 Å². The summed E-state index contributed by atoms with van der Waals surface area (Å²) >= 11 is 0. The van der Waals surface area contributed by atoms with Crippen LogP contribution in [0.4, 0.5) is 19.0 Å². The number of carbonyl (C=O) groups is 1. The van der Waals surface area contributed by atoms with Gasteiger partial charge in [-0.2, -0.15) is 18.3 Å². The van der Waals surface area contributed by atoms with Gasteiger partial charge in [-0.15, -0.1) is 0 Å². The van der Waals surface area contributed by atoms with Gasteiger partial charge in [0.25, 0.3) is 5.91 Å². The second-order valence-electron chi connectivity index (χ2n) is 6.17. The maximum atomic E-state index is 13.5. The maximum Gasteiger partial charge on any atom is 0.410 e. The Hall–Kier alpha value is -2.55. The van der Waals surface area contributed by atoms with Gasteiger partial charge in [0.1, 0.15) is 5.82 Å². The van der Waals surface area contributed by atoms with Crippen molar-refractivity contribution >= 4 is 11.7 Å². The van der Waals surface area contributed by atoms with Gasteiger partial charge in [-0.1, -0.05) is 18.2 Å². The first-order chi connectivity index (χ1) is 11.7. The number of hydrazine groups is 1. The monoisotopic (exact) mass is 353 g/mol. The molecule has 2 heterocycles. The van der Waals surface area contributed by atoms with Crippen LogP contribution in [0.3, 0.4) is 0 Å². The van der Waals surface area contributed by atoms with E-state index in [4.69, 9.17) is 5.84 Å². The number of anilines is 1. The number of nitrogens with one attached hydrogen (secondary N) is 2. The Morgan fingerprint density at radius 3 is 2.64 bits per heavy atom. The van der Waals surface area contributed by atoms with Gasteiger partial charge in [-0.3, -0.25) is 10.2 Å². The SMILES string of the molecule is Cc1ccc([C@@H]2C[C@H](C(F)(F)F)n3nc(C(=O)NN)cc3N2)cc1C. The van der Waals surface area contributed by atoms with Crippen molar-refractivity contribution in [3.05, 3.63) is 46.6 Å². The molecule has 0 saturated carbocycles. The third-order valence-electron chi connectivity index (χ3n) is 4.49. The molecular weight excluding hydrogens is 335 g/mol. The average molecular weight is 353 g/mol. The summed E-state index contributed by atoms with van der Waals surface area (Å²) in [5.41, 5.74) is 4.54. The van der Waals surface area contributed by atoms with E-state index in [1.54, 1.807) is 0 Å². The lowest BCUT2D eigenvalue weighted by Crippen LogP contribution is -2.36. The van der Waals surface area contributed by atoms with Gasteiger partial charge < -0.3 is 5.32 Å². The minimum atomic E-state index is -4.49. The first kappa shape index (κ1) is 17.3. The van der Waals surface area contributed by atoms with Crippen LogP contribution in [0.2, 0.25) is 0 Å². The molecule has 25 heavy (non-hydrogen) atoms. The second-order valence-corrected chi connectivity index (χ2v) is 6.17. The zero-order chi connectivity index (χ0) is 18.4. The Morgan fingerprint density at radius 1 is 1.32 bits per heavy atom.